The number of rotatable bonds is 6. The topological polar surface area (TPSA) is 48.4 Å². The van der Waals surface area contributed by atoms with Gasteiger partial charge in [-0.15, -0.1) is 0 Å². The van der Waals surface area contributed by atoms with Crippen molar-refractivity contribution >= 4 is 32.8 Å². The minimum absolute atomic E-state index is 0.209. The maximum absolute atomic E-state index is 12.9. The molecule has 0 aliphatic rings. The van der Waals surface area contributed by atoms with Crippen LogP contribution in [0.1, 0.15) is 22.8 Å². The number of aromatic nitrogens is 1. The normalized spacial score (nSPS) is 10.7. The molecule has 0 fully saturated rings. The number of hydrogen-bond acceptors (Lipinski definition) is 4. The van der Waals surface area contributed by atoms with Gasteiger partial charge in [-0.2, -0.15) is 0 Å². The van der Waals surface area contributed by atoms with Crippen LogP contribution in [-0.4, -0.2) is 17.6 Å². The Bertz CT molecular complexity index is 1170. The van der Waals surface area contributed by atoms with E-state index in [9.17, 15) is 4.79 Å². The van der Waals surface area contributed by atoms with E-state index < -0.39 is 0 Å². The number of hydrogen-bond donors (Lipinski definition) is 0. The number of benzene rings is 3. The molecule has 0 spiro atoms. The zero-order chi connectivity index (χ0) is 20.9. The first-order chi connectivity index (χ1) is 14.6. The standard InChI is InChI=1S/C25H20BrNO3/c1-2-29-20-13-9-18(10-14-20)24-15-22(21-5-3-4-6-23(21)27-24)25(28)30-16-17-7-11-19(26)12-8-17/h3-15H,2,16H2,1H3. The molecule has 30 heavy (non-hydrogen) atoms. The van der Waals surface area contributed by atoms with Crippen molar-refractivity contribution in [2.45, 2.75) is 13.5 Å². The minimum Gasteiger partial charge on any atom is -0.494 e. The van der Waals surface area contributed by atoms with Gasteiger partial charge < -0.3 is 9.47 Å². The Morgan fingerprint density at radius 3 is 2.43 bits per heavy atom. The van der Waals surface area contributed by atoms with Crippen LogP contribution in [0.5, 0.6) is 5.75 Å². The highest BCUT2D eigenvalue weighted by Crippen LogP contribution is 2.27. The lowest BCUT2D eigenvalue weighted by Gasteiger charge is -2.11. The SMILES string of the molecule is CCOc1ccc(-c2cc(C(=O)OCc3ccc(Br)cc3)c3ccccc3n2)cc1. The molecule has 150 valence electrons. The molecular weight excluding hydrogens is 442 g/mol. The van der Waals surface area contributed by atoms with E-state index >= 15 is 0 Å². The molecule has 4 nitrogen and oxygen atoms in total. The van der Waals surface area contributed by atoms with Crippen LogP contribution in [-0.2, 0) is 11.3 Å². The number of esters is 1. The van der Waals surface area contributed by atoms with Crippen LogP contribution in [0.15, 0.2) is 83.3 Å². The van der Waals surface area contributed by atoms with Gasteiger partial charge >= 0.3 is 5.97 Å². The lowest BCUT2D eigenvalue weighted by atomic mass is 10.0. The molecule has 0 amide bonds. The number of pyridine rings is 1. The highest BCUT2D eigenvalue weighted by atomic mass is 79.9. The molecule has 0 N–H and O–H groups in total. The third-order valence-corrected chi connectivity index (χ3v) is 5.21. The van der Waals surface area contributed by atoms with E-state index in [1.807, 2.05) is 79.7 Å². The largest absolute Gasteiger partial charge is 0.494 e. The van der Waals surface area contributed by atoms with E-state index in [1.165, 1.54) is 0 Å². The third kappa shape index (κ3) is 4.52. The Hall–Kier alpha value is -3.18. The summed E-state index contributed by atoms with van der Waals surface area (Å²) in [6.45, 7) is 2.77. The van der Waals surface area contributed by atoms with Crippen molar-refractivity contribution < 1.29 is 14.3 Å². The smallest absolute Gasteiger partial charge is 0.339 e. The summed E-state index contributed by atoms with van der Waals surface area (Å²) in [4.78, 5) is 17.7. The highest BCUT2D eigenvalue weighted by Gasteiger charge is 2.15. The van der Waals surface area contributed by atoms with Crippen molar-refractivity contribution in [1.29, 1.82) is 0 Å². The number of nitrogens with zero attached hydrogens (tertiary/aromatic N) is 1. The maximum atomic E-state index is 12.9. The summed E-state index contributed by atoms with van der Waals surface area (Å²) < 4.78 is 12.1. The first-order valence-corrected chi connectivity index (χ1v) is 10.5. The predicted molar refractivity (Wildman–Crippen MR) is 122 cm³/mol. The fraction of sp³-hybridized carbons (Fsp3) is 0.120. The van der Waals surface area contributed by atoms with Crippen molar-refractivity contribution in [3.05, 3.63) is 94.5 Å². The number of fused-ring (bicyclic) bond motifs is 1. The first kappa shape index (κ1) is 20.1. The molecule has 0 aliphatic heterocycles. The molecule has 3 aromatic carbocycles. The van der Waals surface area contributed by atoms with Crippen LogP contribution < -0.4 is 4.74 Å². The third-order valence-electron chi connectivity index (χ3n) is 4.68. The Balaban J connectivity index is 1.65. The van der Waals surface area contributed by atoms with Gasteiger partial charge in [0.2, 0.25) is 0 Å². The van der Waals surface area contributed by atoms with E-state index in [0.29, 0.717) is 17.9 Å². The van der Waals surface area contributed by atoms with E-state index in [0.717, 1.165) is 32.3 Å². The molecule has 0 radical (unpaired) electrons. The van der Waals surface area contributed by atoms with Crippen LogP contribution >= 0.6 is 15.9 Å². The molecule has 1 aromatic heterocycles. The molecule has 5 heteroatoms. The summed E-state index contributed by atoms with van der Waals surface area (Å²) in [6.07, 6.45) is 0. The van der Waals surface area contributed by atoms with E-state index in [2.05, 4.69) is 15.9 Å². The Kier molecular flexibility index (Phi) is 6.10. The van der Waals surface area contributed by atoms with Crippen molar-refractivity contribution in [3.63, 3.8) is 0 Å². The monoisotopic (exact) mass is 461 g/mol. The number of halogens is 1. The van der Waals surface area contributed by atoms with E-state index in [1.54, 1.807) is 6.07 Å². The summed E-state index contributed by atoms with van der Waals surface area (Å²) in [5.41, 5.74) is 3.80. The Morgan fingerprint density at radius 2 is 1.70 bits per heavy atom. The summed E-state index contributed by atoms with van der Waals surface area (Å²) in [7, 11) is 0. The number of carbonyl (C=O) groups excluding carboxylic acids is 1. The average molecular weight is 462 g/mol. The van der Waals surface area contributed by atoms with Gasteiger partial charge in [-0.3, -0.25) is 0 Å². The predicted octanol–water partition coefficient (Wildman–Crippen LogP) is 6.42. The molecule has 4 aromatic rings. The van der Waals surface area contributed by atoms with E-state index in [-0.39, 0.29) is 12.6 Å². The molecule has 0 atom stereocenters. The van der Waals surface area contributed by atoms with Crippen LogP contribution in [0.4, 0.5) is 0 Å². The zero-order valence-corrected chi connectivity index (χ0v) is 18.1. The van der Waals surface area contributed by atoms with Gasteiger partial charge in [-0.25, -0.2) is 9.78 Å². The molecule has 0 saturated carbocycles. The van der Waals surface area contributed by atoms with Crippen LogP contribution in [0, 0.1) is 0 Å². The number of carbonyl (C=O) groups is 1. The van der Waals surface area contributed by atoms with Crippen LogP contribution in [0.3, 0.4) is 0 Å². The lowest BCUT2D eigenvalue weighted by molar-refractivity contribution is 0.0475. The summed E-state index contributed by atoms with van der Waals surface area (Å²) >= 11 is 3.41. The van der Waals surface area contributed by atoms with Gasteiger partial charge in [0.15, 0.2) is 0 Å². The van der Waals surface area contributed by atoms with Crippen molar-refractivity contribution in [3.8, 4) is 17.0 Å². The molecule has 1 heterocycles. The lowest BCUT2D eigenvalue weighted by Crippen LogP contribution is -2.07. The van der Waals surface area contributed by atoms with Crippen molar-refractivity contribution in [2.75, 3.05) is 6.61 Å². The van der Waals surface area contributed by atoms with Gasteiger partial charge in [-0.1, -0.05) is 46.3 Å². The second kappa shape index (κ2) is 9.09. The first-order valence-electron chi connectivity index (χ1n) is 9.68. The Morgan fingerprint density at radius 1 is 0.967 bits per heavy atom. The van der Waals surface area contributed by atoms with Crippen LogP contribution in [0.25, 0.3) is 22.2 Å². The van der Waals surface area contributed by atoms with Crippen molar-refractivity contribution in [1.82, 2.24) is 4.98 Å². The second-order valence-electron chi connectivity index (χ2n) is 6.73. The maximum Gasteiger partial charge on any atom is 0.339 e. The van der Waals surface area contributed by atoms with E-state index in [4.69, 9.17) is 14.5 Å². The van der Waals surface area contributed by atoms with Gasteiger partial charge in [0.1, 0.15) is 12.4 Å². The van der Waals surface area contributed by atoms with Gasteiger partial charge in [0.05, 0.1) is 23.4 Å². The number of ether oxygens (including phenoxy) is 2. The summed E-state index contributed by atoms with van der Waals surface area (Å²) in [5.74, 6) is 0.430. The fourth-order valence-corrected chi connectivity index (χ4v) is 3.45. The van der Waals surface area contributed by atoms with Crippen molar-refractivity contribution in [2.24, 2.45) is 0 Å². The van der Waals surface area contributed by atoms with Crippen LogP contribution in [0.2, 0.25) is 0 Å². The van der Waals surface area contributed by atoms with Gasteiger partial charge in [0, 0.05) is 15.4 Å². The van der Waals surface area contributed by atoms with Gasteiger partial charge in [-0.05, 0) is 61.0 Å². The van der Waals surface area contributed by atoms with Gasteiger partial charge in [0.25, 0.3) is 0 Å². The molecule has 0 aliphatic carbocycles. The highest BCUT2D eigenvalue weighted by molar-refractivity contribution is 9.10. The fourth-order valence-electron chi connectivity index (χ4n) is 3.19. The average Bonchev–Trinajstić information content (AvgIpc) is 2.78. The molecule has 0 unspecified atom stereocenters. The minimum atomic E-state index is -0.372. The quantitative estimate of drug-likeness (QED) is 0.310. The molecule has 0 bridgehead atoms. The molecule has 4 rings (SSSR count). The zero-order valence-electron chi connectivity index (χ0n) is 16.5. The summed E-state index contributed by atoms with van der Waals surface area (Å²) in [5, 5.41) is 0.771. The Labute approximate surface area is 183 Å². The molecule has 0 saturated heterocycles. The molecular formula is C25H20BrNO3. The summed E-state index contributed by atoms with van der Waals surface area (Å²) in [6, 6.07) is 24.8. The second-order valence-corrected chi connectivity index (χ2v) is 7.65. The number of para-hydroxylation sites is 1.